The molecule has 2 aromatic heterocycles. The van der Waals surface area contributed by atoms with Crippen molar-refractivity contribution < 1.29 is 73.3 Å². The van der Waals surface area contributed by atoms with Crippen LogP contribution in [-0.4, -0.2) is 62.4 Å². The maximum atomic E-state index is 15.4. The topological polar surface area (TPSA) is 207 Å². The molecule has 76 heavy (non-hydrogen) atoms. The van der Waals surface area contributed by atoms with E-state index >= 15 is 26.3 Å². The van der Waals surface area contributed by atoms with Crippen molar-refractivity contribution in [3.63, 3.8) is 0 Å². The van der Waals surface area contributed by atoms with Gasteiger partial charge in [0.2, 0.25) is 5.41 Å². The van der Waals surface area contributed by atoms with Crippen molar-refractivity contribution >= 4 is 56.9 Å². The SMILES string of the molecule is Cc1cc(=O)oc2cc(OCCOc3cc(-c4ccc(N5C(=O)c6ccc(C(c7ccc8c(c7)C(=O)NC8=O)(C(F)(F)F)C(F)(F)F)cc6C5=O)c(OCCOc5ccc6c(C)cc(=O)oc6c5)c4)ccc3N)ccc12. The molecular weight excluding hydrogens is 1010 g/mol. The number of halogens is 6. The standard InChI is InChI=1S/C55H37F6N3O12/c1-27-19-47(65)75-43-25-33(7-11-35(27)43)71-15-17-73-45-21-29(3-13-41(45)62)30-4-14-42(46(22-30)74-18-16-72-34-8-12-36-28(2)20-48(66)76-44(36)26-34)64-51(69)38-10-6-32(24-40(38)52(64)70)53(54(56,57)58,55(59,60)61)31-5-9-37-39(23-31)50(68)63-49(37)67/h3-14,19-26H,15-18,62H2,1-2H3,(H,63,67,68). The second kappa shape index (κ2) is 18.8. The van der Waals surface area contributed by atoms with E-state index in [4.69, 9.17) is 33.5 Å². The van der Waals surface area contributed by atoms with Gasteiger partial charge in [0.15, 0.2) is 0 Å². The zero-order valence-electron chi connectivity index (χ0n) is 39.6. The van der Waals surface area contributed by atoms with Crippen LogP contribution in [0.25, 0.3) is 33.1 Å². The zero-order valence-corrected chi connectivity index (χ0v) is 39.6. The summed E-state index contributed by atoms with van der Waals surface area (Å²) in [4.78, 5) is 77.8. The average molecular weight is 1050 g/mol. The fraction of sp³-hybridized carbons (Fsp3) is 0.164. The lowest BCUT2D eigenvalue weighted by Gasteiger charge is -2.38. The van der Waals surface area contributed by atoms with Crippen LogP contribution in [0.2, 0.25) is 0 Å². The van der Waals surface area contributed by atoms with E-state index in [2.05, 4.69) is 0 Å². The lowest BCUT2D eigenvalue weighted by molar-refractivity contribution is -0.288. The van der Waals surface area contributed by atoms with E-state index in [-0.39, 0.29) is 60.6 Å². The number of nitrogens with one attached hydrogen (secondary N) is 1. The van der Waals surface area contributed by atoms with Gasteiger partial charge < -0.3 is 33.5 Å². The number of ether oxygens (including phenoxy) is 4. The second-order valence-electron chi connectivity index (χ2n) is 17.6. The first kappa shape index (κ1) is 50.1. The highest BCUT2D eigenvalue weighted by atomic mass is 19.4. The largest absolute Gasteiger partial charge is 0.490 e. The maximum absolute atomic E-state index is 15.4. The van der Waals surface area contributed by atoms with Gasteiger partial charge in [0, 0.05) is 35.0 Å². The number of carbonyl (C=O) groups excluding carboxylic acids is 4. The average Bonchev–Trinajstić information content (AvgIpc) is 3.97. The highest BCUT2D eigenvalue weighted by molar-refractivity contribution is 6.35. The number of imide groups is 2. The van der Waals surface area contributed by atoms with Gasteiger partial charge in [-0.25, -0.2) is 14.5 Å². The Balaban J connectivity index is 0.959. The fourth-order valence-corrected chi connectivity index (χ4v) is 9.32. The number of rotatable bonds is 14. The van der Waals surface area contributed by atoms with Crippen molar-refractivity contribution in [3.05, 3.63) is 187 Å². The first-order valence-corrected chi connectivity index (χ1v) is 22.9. The third-order valence-corrected chi connectivity index (χ3v) is 13.0. The number of aryl methyl sites for hydroxylation is 2. The molecule has 0 radical (unpaired) electrons. The lowest BCUT2D eigenvalue weighted by Crippen LogP contribution is -2.55. The molecular formula is C55H37F6N3O12. The number of hydrogen-bond donors (Lipinski definition) is 2. The molecule has 0 saturated heterocycles. The molecule has 0 atom stereocenters. The minimum atomic E-state index is -6.17. The van der Waals surface area contributed by atoms with E-state index in [0.717, 1.165) is 10.9 Å². The number of anilines is 2. The molecule has 4 heterocycles. The van der Waals surface area contributed by atoms with Gasteiger partial charge in [0.25, 0.3) is 23.6 Å². The third kappa shape index (κ3) is 8.77. The number of alkyl halides is 6. The quantitative estimate of drug-likeness (QED) is 0.0342. The Kier molecular flexibility index (Phi) is 12.4. The van der Waals surface area contributed by atoms with E-state index in [0.29, 0.717) is 74.7 Å². The highest BCUT2D eigenvalue weighted by Gasteiger charge is 2.73. The molecule has 2 aliphatic heterocycles. The molecule has 3 N–H and O–H groups in total. The number of hydrogen-bond acceptors (Lipinski definition) is 13. The molecule has 8 aromatic rings. The number of nitrogens with zero attached hydrogens (tertiary/aromatic N) is 1. The molecule has 0 bridgehead atoms. The molecule has 0 fully saturated rings. The first-order valence-electron chi connectivity index (χ1n) is 22.9. The van der Waals surface area contributed by atoms with Crippen LogP contribution in [0.5, 0.6) is 23.0 Å². The summed E-state index contributed by atoms with van der Waals surface area (Å²) in [7, 11) is 0. The van der Waals surface area contributed by atoms with E-state index in [1.165, 1.54) is 36.4 Å². The van der Waals surface area contributed by atoms with Gasteiger partial charge in [-0.3, -0.25) is 24.5 Å². The monoisotopic (exact) mass is 1050 g/mol. The predicted molar refractivity (Wildman–Crippen MR) is 261 cm³/mol. The van der Waals surface area contributed by atoms with Crippen molar-refractivity contribution in [3.8, 4) is 34.1 Å². The van der Waals surface area contributed by atoms with Crippen molar-refractivity contribution in [2.24, 2.45) is 0 Å². The summed E-state index contributed by atoms with van der Waals surface area (Å²) < 4.78 is 127. The van der Waals surface area contributed by atoms with E-state index in [1.54, 1.807) is 62.4 Å². The van der Waals surface area contributed by atoms with Crippen LogP contribution in [0.15, 0.2) is 140 Å². The lowest BCUT2D eigenvalue weighted by atomic mass is 9.71. The zero-order chi connectivity index (χ0) is 54.0. The van der Waals surface area contributed by atoms with E-state index in [1.807, 2.05) is 5.32 Å². The molecule has 386 valence electrons. The minimum absolute atomic E-state index is 0.000285. The van der Waals surface area contributed by atoms with Crippen LogP contribution in [0.4, 0.5) is 37.7 Å². The van der Waals surface area contributed by atoms with Gasteiger partial charge in [0.05, 0.1) is 33.6 Å². The molecule has 21 heteroatoms. The van der Waals surface area contributed by atoms with Gasteiger partial charge in [0.1, 0.15) is 60.6 Å². The van der Waals surface area contributed by atoms with E-state index < -0.39 is 86.0 Å². The Morgan fingerprint density at radius 3 is 1.54 bits per heavy atom. The molecule has 10 rings (SSSR count). The molecule has 2 aliphatic rings. The number of nitrogens with two attached hydrogens (primary N) is 1. The predicted octanol–water partition coefficient (Wildman–Crippen LogP) is 9.78. The van der Waals surface area contributed by atoms with Gasteiger partial charge in [-0.2, -0.15) is 26.3 Å². The Hall–Kier alpha value is -9.40. The van der Waals surface area contributed by atoms with Gasteiger partial charge in [-0.15, -0.1) is 0 Å². The van der Waals surface area contributed by atoms with Crippen LogP contribution >= 0.6 is 0 Å². The van der Waals surface area contributed by atoms with Crippen LogP contribution < -0.4 is 46.1 Å². The number of nitrogen functional groups attached to an aromatic ring is 1. The molecule has 6 aromatic carbocycles. The first-order chi connectivity index (χ1) is 36.1. The van der Waals surface area contributed by atoms with Crippen molar-refractivity contribution in [2.45, 2.75) is 31.6 Å². The number of amides is 4. The van der Waals surface area contributed by atoms with Gasteiger partial charge >= 0.3 is 23.6 Å². The highest BCUT2D eigenvalue weighted by Crippen LogP contribution is 2.57. The maximum Gasteiger partial charge on any atom is 0.411 e. The molecule has 4 amide bonds. The summed E-state index contributed by atoms with van der Waals surface area (Å²) in [6, 6.07) is 24.4. The van der Waals surface area contributed by atoms with Crippen molar-refractivity contribution in [2.75, 3.05) is 37.1 Å². The van der Waals surface area contributed by atoms with Gasteiger partial charge in [-0.1, -0.05) is 24.3 Å². The minimum Gasteiger partial charge on any atom is -0.490 e. The number of fused-ring (bicyclic) bond motifs is 4. The molecule has 0 unspecified atom stereocenters. The molecule has 0 spiro atoms. The van der Waals surface area contributed by atoms with Crippen LogP contribution in [0.3, 0.4) is 0 Å². The Labute approximate surface area is 423 Å². The summed E-state index contributed by atoms with van der Waals surface area (Å²) in [5, 5.41) is 3.23. The van der Waals surface area contributed by atoms with Crippen molar-refractivity contribution in [1.29, 1.82) is 0 Å². The number of benzene rings is 6. The fourth-order valence-electron chi connectivity index (χ4n) is 9.32. The van der Waals surface area contributed by atoms with Crippen LogP contribution in [0.1, 0.15) is 63.7 Å². The van der Waals surface area contributed by atoms with Gasteiger partial charge in [-0.05, 0) is 120 Å². The van der Waals surface area contributed by atoms with E-state index in [9.17, 15) is 28.8 Å². The summed E-state index contributed by atoms with van der Waals surface area (Å²) in [5.41, 5.74) is -2.28. The molecule has 0 aliphatic carbocycles. The number of carbonyl (C=O) groups is 4. The smallest absolute Gasteiger partial charge is 0.411 e. The van der Waals surface area contributed by atoms with Crippen LogP contribution in [-0.2, 0) is 5.41 Å². The molecule has 0 saturated carbocycles. The summed E-state index contributed by atoms with van der Waals surface area (Å²) in [6.07, 6.45) is -12.3. The Bertz CT molecular complexity index is 3870. The Morgan fingerprint density at radius 1 is 0.500 bits per heavy atom. The Morgan fingerprint density at radius 2 is 0.974 bits per heavy atom. The summed E-state index contributed by atoms with van der Waals surface area (Å²) in [5.74, 6) is -3.88. The normalized spacial score (nSPS) is 13.6. The van der Waals surface area contributed by atoms with Crippen LogP contribution in [0, 0.1) is 13.8 Å². The third-order valence-electron chi connectivity index (χ3n) is 13.0. The second-order valence-corrected chi connectivity index (χ2v) is 17.6. The summed E-state index contributed by atoms with van der Waals surface area (Å²) in [6.45, 7) is 3.10. The molecule has 15 nitrogen and oxygen atoms in total. The summed E-state index contributed by atoms with van der Waals surface area (Å²) >= 11 is 0. The van der Waals surface area contributed by atoms with Crippen molar-refractivity contribution in [1.82, 2.24) is 5.32 Å².